The van der Waals surface area contributed by atoms with E-state index in [-0.39, 0.29) is 6.10 Å². The number of nitrogens with zero attached hydrogens (tertiary/aromatic N) is 1. The third-order valence-corrected chi connectivity index (χ3v) is 4.30. The number of rotatable bonds is 1. The van der Waals surface area contributed by atoms with Gasteiger partial charge in [-0.05, 0) is 60.1 Å². The van der Waals surface area contributed by atoms with E-state index in [1.165, 1.54) is 15.0 Å². The predicted octanol–water partition coefficient (Wildman–Crippen LogP) is 3.45. The van der Waals surface area contributed by atoms with Crippen molar-refractivity contribution in [3.8, 4) is 5.69 Å². The zero-order valence-corrected chi connectivity index (χ0v) is 11.6. The Kier molecular flexibility index (Phi) is 2.96. The summed E-state index contributed by atoms with van der Waals surface area (Å²) in [7, 11) is 0. The number of hydrogen-bond acceptors (Lipinski definition) is 1. The van der Waals surface area contributed by atoms with E-state index in [0.29, 0.717) is 0 Å². The highest BCUT2D eigenvalue weighted by molar-refractivity contribution is 14.1. The molecule has 1 heterocycles. The fourth-order valence-electron chi connectivity index (χ4n) is 2.54. The summed E-state index contributed by atoms with van der Waals surface area (Å²) in [6.45, 7) is 0. The molecule has 1 atom stereocenters. The van der Waals surface area contributed by atoms with Gasteiger partial charge in [0, 0.05) is 21.0 Å². The molecule has 3 rings (SSSR count). The maximum atomic E-state index is 9.98. The third-order valence-electron chi connectivity index (χ3n) is 3.39. The Bertz CT molecular complexity index is 547. The molecule has 0 fully saturated rings. The molecule has 2 nitrogen and oxygen atoms in total. The highest BCUT2D eigenvalue weighted by Crippen LogP contribution is 2.32. The van der Waals surface area contributed by atoms with Crippen molar-refractivity contribution in [3.05, 3.63) is 51.4 Å². The van der Waals surface area contributed by atoms with Crippen LogP contribution in [0.5, 0.6) is 0 Å². The monoisotopic (exact) mass is 339 g/mol. The van der Waals surface area contributed by atoms with E-state index >= 15 is 0 Å². The van der Waals surface area contributed by atoms with E-state index in [1.807, 2.05) is 0 Å². The summed E-state index contributed by atoms with van der Waals surface area (Å²) < 4.78 is 3.46. The molecule has 1 aromatic carbocycles. The van der Waals surface area contributed by atoms with E-state index in [4.69, 9.17) is 0 Å². The van der Waals surface area contributed by atoms with Gasteiger partial charge in [0.05, 0.1) is 11.8 Å². The first-order valence-corrected chi connectivity index (χ1v) is 6.98. The van der Waals surface area contributed by atoms with Gasteiger partial charge in [-0.15, -0.1) is 0 Å². The maximum Gasteiger partial charge on any atom is 0.0807 e. The van der Waals surface area contributed by atoms with Crippen molar-refractivity contribution in [2.45, 2.75) is 25.4 Å². The summed E-state index contributed by atoms with van der Waals surface area (Å²) in [4.78, 5) is 0. The number of aliphatic hydroxyl groups excluding tert-OH is 1. The fourth-order valence-corrected chi connectivity index (χ4v) is 3.19. The van der Waals surface area contributed by atoms with Gasteiger partial charge in [0.15, 0.2) is 0 Å². The molecule has 1 aromatic heterocycles. The van der Waals surface area contributed by atoms with Gasteiger partial charge >= 0.3 is 0 Å². The molecule has 0 saturated heterocycles. The molecule has 0 bridgehead atoms. The maximum absolute atomic E-state index is 9.98. The van der Waals surface area contributed by atoms with E-state index in [0.717, 1.165) is 24.8 Å². The summed E-state index contributed by atoms with van der Waals surface area (Å²) in [5.41, 5.74) is 3.59. The fraction of sp³-hybridized carbons (Fsp3) is 0.286. The Morgan fingerprint density at radius 3 is 2.88 bits per heavy atom. The molecule has 0 radical (unpaired) electrons. The number of hydrogen-bond donors (Lipinski definition) is 1. The number of aromatic nitrogens is 1. The van der Waals surface area contributed by atoms with Crippen molar-refractivity contribution < 1.29 is 5.11 Å². The average Bonchev–Trinajstić information content (AvgIpc) is 2.75. The number of halogens is 1. The Hall–Kier alpha value is -0.810. The second-order valence-electron chi connectivity index (χ2n) is 4.45. The van der Waals surface area contributed by atoms with Crippen molar-refractivity contribution in [2.24, 2.45) is 0 Å². The number of aliphatic hydroxyl groups is 1. The molecule has 1 unspecified atom stereocenters. The van der Waals surface area contributed by atoms with Gasteiger partial charge in [-0.3, -0.25) is 0 Å². The first-order chi connectivity index (χ1) is 8.27. The van der Waals surface area contributed by atoms with Crippen molar-refractivity contribution >= 4 is 22.6 Å². The van der Waals surface area contributed by atoms with Gasteiger partial charge < -0.3 is 9.67 Å². The van der Waals surface area contributed by atoms with Crippen LogP contribution in [0.1, 0.15) is 30.2 Å². The van der Waals surface area contributed by atoms with Crippen molar-refractivity contribution in [3.63, 3.8) is 0 Å². The average molecular weight is 339 g/mol. The van der Waals surface area contributed by atoms with E-state index < -0.39 is 0 Å². The molecular weight excluding hydrogens is 325 g/mol. The predicted molar refractivity (Wildman–Crippen MR) is 76.4 cm³/mol. The molecule has 0 spiro atoms. The van der Waals surface area contributed by atoms with Crippen LogP contribution in [0.4, 0.5) is 0 Å². The summed E-state index contributed by atoms with van der Waals surface area (Å²) in [6, 6.07) is 10.4. The molecule has 1 N–H and O–H groups in total. The molecule has 0 amide bonds. The minimum atomic E-state index is -0.277. The lowest BCUT2D eigenvalue weighted by Gasteiger charge is -2.20. The Morgan fingerprint density at radius 2 is 2.06 bits per heavy atom. The summed E-state index contributed by atoms with van der Waals surface area (Å²) in [6.07, 6.45) is 4.83. The van der Waals surface area contributed by atoms with Crippen LogP contribution in [-0.2, 0) is 6.42 Å². The molecular formula is C14H14INO. The Morgan fingerprint density at radius 1 is 1.24 bits per heavy atom. The van der Waals surface area contributed by atoms with E-state index in [2.05, 4.69) is 63.7 Å². The summed E-state index contributed by atoms with van der Waals surface area (Å²) >= 11 is 2.36. The molecule has 1 aliphatic rings. The van der Waals surface area contributed by atoms with Gasteiger partial charge in [-0.2, -0.15) is 0 Å². The number of benzene rings is 1. The lowest BCUT2D eigenvalue weighted by molar-refractivity contribution is 0.156. The van der Waals surface area contributed by atoms with Crippen LogP contribution in [0.15, 0.2) is 36.5 Å². The quantitative estimate of drug-likeness (QED) is 0.791. The van der Waals surface area contributed by atoms with Crippen LogP contribution in [0.25, 0.3) is 5.69 Å². The SMILES string of the molecule is OC1CCCc2c1ccn2-c1ccccc1I. The van der Waals surface area contributed by atoms with Gasteiger partial charge in [-0.25, -0.2) is 0 Å². The minimum absolute atomic E-state index is 0.277. The second kappa shape index (κ2) is 4.46. The smallest absolute Gasteiger partial charge is 0.0807 e. The first kappa shape index (κ1) is 11.3. The van der Waals surface area contributed by atoms with Gasteiger partial charge in [0.25, 0.3) is 0 Å². The zero-order valence-electron chi connectivity index (χ0n) is 9.44. The van der Waals surface area contributed by atoms with Crippen LogP contribution >= 0.6 is 22.6 Å². The molecule has 17 heavy (non-hydrogen) atoms. The van der Waals surface area contributed by atoms with Gasteiger partial charge in [0.1, 0.15) is 0 Å². The molecule has 0 saturated carbocycles. The minimum Gasteiger partial charge on any atom is -0.388 e. The highest BCUT2D eigenvalue weighted by atomic mass is 127. The van der Waals surface area contributed by atoms with Crippen molar-refractivity contribution in [1.82, 2.24) is 4.57 Å². The van der Waals surface area contributed by atoms with Crippen LogP contribution in [0, 0.1) is 3.57 Å². The third kappa shape index (κ3) is 1.91. The van der Waals surface area contributed by atoms with Crippen LogP contribution in [-0.4, -0.2) is 9.67 Å². The molecule has 88 valence electrons. The van der Waals surface area contributed by atoms with Crippen molar-refractivity contribution in [1.29, 1.82) is 0 Å². The lowest BCUT2D eigenvalue weighted by Crippen LogP contribution is -2.11. The molecule has 1 aliphatic carbocycles. The summed E-state index contributed by atoms with van der Waals surface area (Å²) in [5, 5.41) is 9.98. The van der Waals surface area contributed by atoms with Crippen LogP contribution in [0.2, 0.25) is 0 Å². The van der Waals surface area contributed by atoms with Crippen LogP contribution in [0.3, 0.4) is 0 Å². The van der Waals surface area contributed by atoms with Gasteiger partial charge in [-0.1, -0.05) is 12.1 Å². The lowest BCUT2D eigenvalue weighted by atomic mass is 9.95. The first-order valence-electron chi connectivity index (χ1n) is 5.90. The van der Waals surface area contributed by atoms with Crippen LogP contribution < -0.4 is 0 Å². The largest absolute Gasteiger partial charge is 0.388 e. The van der Waals surface area contributed by atoms with E-state index in [1.54, 1.807) is 0 Å². The summed E-state index contributed by atoms with van der Waals surface area (Å²) in [5.74, 6) is 0. The normalized spacial score (nSPS) is 19.1. The molecule has 2 aromatic rings. The number of fused-ring (bicyclic) bond motifs is 1. The molecule has 0 aliphatic heterocycles. The zero-order chi connectivity index (χ0) is 11.8. The topological polar surface area (TPSA) is 25.2 Å². The highest BCUT2D eigenvalue weighted by Gasteiger charge is 2.21. The van der Waals surface area contributed by atoms with Crippen molar-refractivity contribution in [2.75, 3.05) is 0 Å². The standard InChI is InChI=1S/C14H14INO/c15-11-4-1-2-5-13(11)16-9-8-10-12(16)6-3-7-14(10)17/h1-2,4-5,8-9,14,17H,3,6-7H2. The number of para-hydroxylation sites is 1. The van der Waals surface area contributed by atoms with E-state index in [9.17, 15) is 5.11 Å². The van der Waals surface area contributed by atoms with Gasteiger partial charge in [0.2, 0.25) is 0 Å². The Labute approximate surface area is 114 Å². The second-order valence-corrected chi connectivity index (χ2v) is 5.61. The Balaban J connectivity index is 2.14. The molecule has 3 heteroatoms.